The molecule has 6 nitrogen and oxygen atoms in total. The van der Waals surface area contributed by atoms with Gasteiger partial charge in [0, 0.05) is 0 Å². The van der Waals surface area contributed by atoms with Crippen LogP contribution in [-0.2, 0) is 32.4 Å². The number of rotatable bonds is 2. The minimum atomic E-state index is 0.671. The molecule has 0 radical (unpaired) electrons. The van der Waals surface area contributed by atoms with Crippen LogP contribution in [0.4, 0.5) is 0 Å². The number of hydrogen-bond acceptors (Lipinski definition) is 4. The molecular weight excluding hydrogens is 288 g/mol. The van der Waals surface area contributed by atoms with Crippen LogP contribution in [0.1, 0.15) is 74.1 Å². The standard InChI is InChI=1S/C17H26N6/c1-3-7-11-16-14(9-5-1)18-20-22(16)13-23-17-12-8-4-2-6-10-15(17)19-21-23/h1-13H2. The summed E-state index contributed by atoms with van der Waals surface area (Å²) in [7, 11) is 0. The molecule has 0 amide bonds. The van der Waals surface area contributed by atoms with Gasteiger partial charge >= 0.3 is 0 Å². The molecule has 2 aromatic heterocycles. The van der Waals surface area contributed by atoms with Crippen LogP contribution in [0.3, 0.4) is 0 Å². The monoisotopic (exact) mass is 314 g/mol. The van der Waals surface area contributed by atoms with Gasteiger partial charge in [0.2, 0.25) is 0 Å². The van der Waals surface area contributed by atoms with E-state index >= 15 is 0 Å². The van der Waals surface area contributed by atoms with Crippen LogP contribution >= 0.6 is 0 Å². The second-order valence-electron chi connectivity index (χ2n) is 6.93. The van der Waals surface area contributed by atoms with E-state index < -0.39 is 0 Å². The maximum absolute atomic E-state index is 4.44. The molecule has 0 saturated carbocycles. The molecule has 2 aromatic rings. The van der Waals surface area contributed by atoms with Crippen molar-refractivity contribution in [1.29, 1.82) is 0 Å². The van der Waals surface area contributed by atoms with Gasteiger partial charge in [-0.3, -0.25) is 0 Å². The van der Waals surface area contributed by atoms with Gasteiger partial charge in [0.05, 0.1) is 22.8 Å². The first-order chi connectivity index (χ1) is 11.4. The Bertz CT molecular complexity index is 600. The molecule has 0 atom stereocenters. The van der Waals surface area contributed by atoms with Gasteiger partial charge in [-0.15, -0.1) is 10.2 Å². The summed E-state index contributed by atoms with van der Waals surface area (Å²) >= 11 is 0. The second-order valence-corrected chi connectivity index (χ2v) is 6.93. The highest BCUT2D eigenvalue weighted by Gasteiger charge is 2.18. The predicted octanol–water partition coefficient (Wildman–Crippen LogP) is 2.69. The fourth-order valence-corrected chi connectivity index (χ4v) is 3.90. The van der Waals surface area contributed by atoms with E-state index in [4.69, 9.17) is 0 Å². The Morgan fingerprint density at radius 1 is 0.565 bits per heavy atom. The molecule has 2 heterocycles. The largest absolute Gasteiger partial charge is 0.227 e. The molecule has 6 heteroatoms. The van der Waals surface area contributed by atoms with Gasteiger partial charge in [-0.2, -0.15) is 0 Å². The number of aryl methyl sites for hydroxylation is 2. The fourth-order valence-electron chi connectivity index (χ4n) is 3.90. The summed E-state index contributed by atoms with van der Waals surface area (Å²) in [5, 5.41) is 17.7. The van der Waals surface area contributed by atoms with Crippen LogP contribution in [0, 0.1) is 0 Å². The first kappa shape index (κ1) is 14.8. The van der Waals surface area contributed by atoms with E-state index in [1.165, 1.54) is 74.1 Å². The number of fused-ring (bicyclic) bond motifs is 2. The van der Waals surface area contributed by atoms with Gasteiger partial charge in [0.15, 0.2) is 0 Å². The van der Waals surface area contributed by atoms with Gasteiger partial charge in [0.25, 0.3) is 0 Å². The van der Waals surface area contributed by atoms with E-state index in [9.17, 15) is 0 Å². The minimum absolute atomic E-state index is 0.671. The third kappa shape index (κ3) is 3.16. The van der Waals surface area contributed by atoms with Gasteiger partial charge in [-0.05, 0) is 51.4 Å². The Balaban J connectivity index is 1.59. The zero-order valence-electron chi connectivity index (χ0n) is 13.9. The van der Waals surface area contributed by atoms with Crippen molar-refractivity contribution in [1.82, 2.24) is 30.0 Å². The van der Waals surface area contributed by atoms with E-state index in [1.54, 1.807) is 0 Å². The quantitative estimate of drug-likeness (QED) is 0.855. The van der Waals surface area contributed by atoms with Crippen molar-refractivity contribution >= 4 is 0 Å². The summed E-state index contributed by atoms with van der Waals surface area (Å²) < 4.78 is 4.13. The van der Waals surface area contributed by atoms with Crippen LogP contribution < -0.4 is 0 Å². The van der Waals surface area contributed by atoms with Gasteiger partial charge < -0.3 is 0 Å². The summed E-state index contributed by atoms with van der Waals surface area (Å²) in [6.45, 7) is 0.671. The molecule has 0 bridgehead atoms. The summed E-state index contributed by atoms with van der Waals surface area (Å²) in [5.74, 6) is 0. The lowest BCUT2D eigenvalue weighted by Gasteiger charge is -2.13. The molecule has 0 spiro atoms. The normalized spacial score (nSPS) is 19.1. The highest BCUT2D eigenvalue weighted by molar-refractivity contribution is 5.14. The Morgan fingerprint density at radius 2 is 1.00 bits per heavy atom. The maximum atomic E-state index is 4.44. The SMILES string of the molecule is C1CCCc2c(nnn2Cn2nnc3c2CCCCCC3)CC1. The summed E-state index contributed by atoms with van der Waals surface area (Å²) in [6.07, 6.45) is 14.6. The first-order valence-corrected chi connectivity index (χ1v) is 9.24. The van der Waals surface area contributed by atoms with Crippen LogP contribution in [0.2, 0.25) is 0 Å². The Kier molecular flexibility index (Phi) is 4.39. The molecule has 0 aromatic carbocycles. The van der Waals surface area contributed by atoms with Crippen molar-refractivity contribution in [3.05, 3.63) is 22.8 Å². The van der Waals surface area contributed by atoms with Crippen LogP contribution in [-0.4, -0.2) is 30.0 Å². The van der Waals surface area contributed by atoms with Crippen molar-refractivity contribution in [3.8, 4) is 0 Å². The smallest absolute Gasteiger partial charge is 0.137 e. The third-order valence-corrected chi connectivity index (χ3v) is 5.26. The fraction of sp³-hybridized carbons (Fsp3) is 0.765. The van der Waals surface area contributed by atoms with Gasteiger partial charge in [-0.1, -0.05) is 36.1 Å². The van der Waals surface area contributed by atoms with Crippen molar-refractivity contribution < 1.29 is 0 Å². The molecule has 124 valence electrons. The highest BCUT2D eigenvalue weighted by atomic mass is 15.5. The van der Waals surface area contributed by atoms with E-state index in [2.05, 4.69) is 30.0 Å². The molecule has 23 heavy (non-hydrogen) atoms. The molecule has 0 aliphatic heterocycles. The lowest BCUT2D eigenvalue weighted by atomic mass is 10.0. The van der Waals surface area contributed by atoms with E-state index in [0.717, 1.165) is 25.7 Å². The zero-order chi connectivity index (χ0) is 15.5. The molecule has 0 fully saturated rings. The minimum Gasteiger partial charge on any atom is -0.227 e. The Hall–Kier alpha value is -1.72. The summed E-state index contributed by atoms with van der Waals surface area (Å²) in [5.41, 5.74) is 5.04. The van der Waals surface area contributed by atoms with E-state index in [1.807, 2.05) is 0 Å². The maximum Gasteiger partial charge on any atom is 0.137 e. The lowest BCUT2D eigenvalue weighted by molar-refractivity contribution is 0.444. The number of nitrogens with zero attached hydrogens (tertiary/aromatic N) is 6. The van der Waals surface area contributed by atoms with Crippen molar-refractivity contribution in [2.75, 3.05) is 0 Å². The van der Waals surface area contributed by atoms with Crippen LogP contribution in [0.25, 0.3) is 0 Å². The average molecular weight is 314 g/mol. The molecule has 0 N–H and O–H groups in total. The van der Waals surface area contributed by atoms with Crippen molar-refractivity contribution in [3.63, 3.8) is 0 Å². The lowest BCUT2D eigenvalue weighted by Crippen LogP contribution is -2.17. The third-order valence-electron chi connectivity index (χ3n) is 5.26. The van der Waals surface area contributed by atoms with Crippen LogP contribution in [0.5, 0.6) is 0 Å². The van der Waals surface area contributed by atoms with Crippen molar-refractivity contribution in [2.45, 2.75) is 83.7 Å². The number of hydrogen-bond donors (Lipinski definition) is 0. The van der Waals surface area contributed by atoms with E-state index in [-0.39, 0.29) is 0 Å². The van der Waals surface area contributed by atoms with Gasteiger partial charge in [-0.25, -0.2) is 9.36 Å². The van der Waals surface area contributed by atoms with Crippen LogP contribution in [0.15, 0.2) is 0 Å². The Labute approximate surface area is 137 Å². The number of aromatic nitrogens is 6. The zero-order valence-corrected chi connectivity index (χ0v) is 13.9. The van der Waals surface area contributed by atoms with E-state index in [0.29, 0.717) is 6.67 Å². The molecule has 4 rings (SSSR count). The first-order valence-electron chi connectivity index (χ1n) is 9.24. The summed E-state index contributed by atoms with van der Waals surface area (Å²) in [6, 6.07) is 0. The predicted molar refractivity (Wildman–Crippen MR) is 87.2 cm³/mol. The second kappa shape index (κ2) is 6.81. The average Bonchev–Trinajstić information content (AvgIpc) is 3.03. The topological polar surface area (TPSA) is 61.4 Å². The highest BCUT2D eigenvalue weighted by Crippen LogP contribution is 2.20. The Morgan fingerprint density at radius 3 is 1.48 bits per heavy atom. The molecular formula is C17H26N6. The van der Waals surface area contributed by atoms with Crippen molar-refractivity contribution in [2.24, 2.45) is 0 Å². The van der Waals surface area contributed by atoms with Gasteiger partial charge in [0.1, 0.15) is 6.67 Å². The molecule has 2 aliphatic rings. The molecule has 2 aliphatic carbocycles. The molecule has 0 saturated heterocycles. The summed E-state index contributed by atoms with van der Waals surface area (Å²) in [4.78, 5) is 0. The molecule has 0 unspecified atom stereocenters.